The van der Waals surface area contributed by atoms with Crippen LogP contribution in [0.15, 0.2) is 35.3 Å². The lowest BCUT2D eigenvalue weighted by Crippen LogP contribution is -2.42. The van der Waals surface area contributed by atoms with E-state index < -0.39 is 18.0 Å². The van der Waals surface area contributed by atoms with Crippen LogP contribution in [0.4, 0.5) is 10.5 Å². The van der Waals surface area contributed by atoms with Crippen LogP contribution >= 0.6 is 27.5 Å². The minimum atomic E-state index is -1.13. The monoisotopic (exact) mass is 346 g/mol. The smallest absolute Gasteiger partial charge is 0.326 e. The van der Waals surface area contributed by atoms with E-state index in [1.165, 1.54) is 6.08 Å². The van der Waals surface area contributed by atoms with Crippen molar-refractivity contribution in [3.05, 3.63) is 40.3 Å². The van der Waals surface area contributed by atoms with Gasteiger partial charge >= 0.3 is 12.0 Å². The Bertz CT molecular complexity index is 508. The van der Waals surface area contributed by atoms with Gasteiger partial charge in [0.2, 0.25) is 0 Å². The fourth-order valence-electron chi connectivity index (χ4n) is 1.30. The first-order valence-corrected chi connectivity index (χ1v) is 6.47. The molecule has 1 unspecified atom stereocenters. The minimum Gasteiger partial charge on any atom is -0.480 e. The first-order valence-electron chi connectivity index (χ1n) is 5.30. The van der Waals surface area contributed by atoms with Crippen LogP contribution < -0.4 is 10.6 Å². The number of hydrogen-bond acceptors (Lipinski definition) is 2. The number of hydrogen-bond donors (Lipinski definition) is 3. The number of carbonyl (C=O) groups is 2. The van der Waals surface area contributed by atoms with Crippen molar-refractivity contribution in [2.45, 2.75) is 12.5 Å². The number of aliphatic carboxylic acids is 1. The number of nitrogens with one attached hydrogen (secondary N) is 2. The van der Waals surface area contributed by atoms with Crippen LogP contribution in [0, 0.1) is 0 Å². The van der Waals surface area contributed by atoms with E-state index in [1.54, 1.807) is 18.2 Å². The van der Waals surface area contributed by atoms with Crippen molar-refractivity contribution in [3.63, 3.8) is 0 Å². The first kappa shape index (κ1) is 15.5. The van der Waals surface area contributed by atoms with Crippen molar-refractivity contribution < 1.29 is 14.7 Å². The van der Waals surface area contributed by atoms with E-state index in [4.69, 9.17) is 16.7 Å². The lowest BCUT2D eigenvalue weighted by atomic mass is 10.2. The van der Waals surface area contributed by atoms with Gasteiger partial charge in [0.15, 0.2) is 0 Å². The Morgan fingerprint density at radius 1 is 1.53 bits per heavy atom. The number of carboxylic acid groups (broad SMARTS) is 1. The Morgan fingerprint density at radius 2 is 2.21 bits per heavy atom. The second kappa shape index (κ2) is 7.16. The third-order valence-electron chi connectivity index (χ3n) is 2.19. The van der Waals surface area contributed by atoms with Gasteiger partial charge in [-0.25, -0.2) is 9.59 Å². The zero-order chi connectivity index (χ0) is 14.4. The number of rotatable bonds is 5. The Labute approximate surface area is 123 Å². The first-order chi connectivity index (χ1) is 8.93. The van der Waals surface area contributed by atoms with Gasteiger partial charge in [0.25, 0.3) is 0 Å². The van der Waals surface area contributed by atoms with Gasteiger partial charge in [0.05, 0.1) is 10.7 Å². The molecule has 0 heterocycles. The quantitative estimate of drug-likeness (QED) is 0.715. The van der Waals surface area contributed by atoms with E-state index in [2.05, 4.69) is 33.1 Å². The van der Waals surface area contributed by atoms with Crippen LogP contribution in [0.5, 0.6) is 0 Å². The lowest BCUT2D eigenvalue weighted by molar-refractivity contribution is -0.139. The Balaban J connectivity index is 2.68. The molecule has 0 fully saturated rings. The molecular formula is C12H12BrClN2O3. The predicted octanol–water partition coefficient (Wildman–Crippen LogP) is 3.25. The molecule has 1 aromatic carbocycles. The highest BCUT2D eigenvalue weighted by molar-refractivity contribution is 9.10. The highest BCUT2D eigenvalue weighted by Gasteiger charge is 2.18. The number of carbonyl (C=O) groups excluding carboxylic acids is 1. The third kappa shape index (κ3) is 4.92. The Hall–Kier alpha value is -1.53. The van der Waals surface area contributed by atoms with Crippen molar-refractivity contribution in [1.82, 2.24) is 5.32 Å². The molecule has 5 nitrogen and oxygen atoms in total. The number of anilines is 1. The molecule has 0 bridgehead atoms. The summed E-state index contributed by atoms with van der Waals surface area (Å²) in [6.45, 7) is 3.44. The topological polar surface area (TPSA) is 78.4 Å². The average molecular weight is 348 g/mol. The zero-order valence-electron chi connectivity index (χ0n) is 9.82. The van der Waals surface area contributed by atoms with Gasteiger partial charge in [-0.3, -0.25) is 0 Å². The Kier molecular flexibility index (Phi) is 5.85. The van der Waals surface area contributed by atoms with Crippen LogP contribution in [0.2, 0.25) is 5.02 Å². The summed E-state index contributed by atoms with van der Waals surface area (Å²) in [5.74, 6) is -1.13. The van der Waals surface area contributed by atoms with Crippen molar-refractivity contribution in [3.8, 4) is 0 Å². The molecule has 102 valence electrons. The fraction of sp³-hybridized carbons (Fsp3) is 0.167. The summed E-state index contributed by atoms with van der Waals surface area (Å²) in [5.41, 5.74) is 0.394. The molecule has 1 aromatic rings. The summed E-state index contributed by atoms with van der Waals surface area (Å²) in [6, 6.07) is 3.27. The van der Waals surface area contributed by atoms with Gasteiger partial charge < -0.3 is 15.7 Å². The molecule has 19 heavy (non-hydrogen) atoms. The zero-order valence-corrected chi connectivity index (χ0v) is 12.2. The largest absolute Gasteiger partial charge is 0.480 e. The molecule has 0 aliphatic carbocycles. The number of urea groups is 1. The second-order valence-corrected chi connectivity index (χ2v) is 4.96. The van der Waals surface area contributed by atoms with Crippen LogP contribution in [-0.4, -0.2) is 23.1 Å². The highest BCUT2D eigenvalue weighted by atomic mass is 79.9. The van der Waals surface area contributed by atoms with Gasteiger partial charge in [-0.15, -0.1) is 6.58 Å². The van der Waals surface area contributed by atoms with E-state index in [0.29, 0.717) is 10.7 Å². The molecule has 0 saturated carbocycles. The van der Waals surface area contributed by atoms with Gasteiger partial charge in [0, 0.05) is 4.47 Å². The van der Waals surface area contributed by atoms with E-state index in [1.807, 2.05) is 0 Å². The molecule has 2 amide bonds. The molecule has 0 aromatic heterocycles. The average Bonchev–Trinajstić information content (AvgIpc) is 2.32. The van der Waals surface area contributed by atoms with Gasteiger partial charge in [-0.1, -0.05) is 33.6 Å². The summed E-state index contributed by atoms with van der Waals surface area (Å²) in [6.07, 6.45) is 1.56. The summed E-state index contributed by atoms with van der Waals surface area (Å²) in [4.78, 5) is 22.5. The molecule has 0 aliphatic heterocycles. The minimum absolute atomic E-state index is 0.136. The summed E-state index contributed by atoms with van der Waals surface area (Å²) in [5, 5.41) is 14.0. The van der Waals surface area contributed by atoms with Gasteiger partial charge in [-0.2, -0.15) is 0 Å². The highest BCUT2D eigenvalue weighted by Crippen LogP contribution is 2.25. The maximum Gasteiger partial charge on any atom is 0.326 e. The van der Waals surface area contributed by atoms with E-state index in [0.717, 1.165) is 4.47 Å². The van der Waals surface area contributed by atoms with Crippen LogP contribution in [0.1, 0.15) is 6.42 Å². The molecular weight excluding hydrogens is 336 g/mol. The molecule has 7 heteroatoms. The Morgan fingerprint density at radius 3 is 2.74 bits per heavy atom. The molecule has 0 saturated heterocycles. The number of benzene rings is 1. The predicted molar refractivity (Wildman–Crippen MR) is 77.5 cm³/mol. The van der Waals surface area contributed by atoms with Crippen molar-refractivity contribution in [1.29, 1.82) is 0 Å². The number of carboxylic acids is 1. The fourth-order valence-corrected chi connectivity index (χ4v) is 2.02. The van der Waals surface area contributed by atoms with E-state index >= 15 is 0 Å². The second-order valence-electron chi connectivity index (χ2n) is 3.64. The number of amides is 2. The normalized spacial score (nSPS) is 11.5. The van der Waals surface area contributed by atoms with Gasteiger partial charge in [0.1, 0.15) is 6.04 Å². The van der Waals surface area contributed by atoms with Gasteiger partial charge in [-0.05, 0) is 24.6 Å². The van der Waals surface area contributed by atoms with Crippen molar-refractivity contribution in [2.24, 2.45) is 0 Å². The molecule has 1 rings (SSSR count). The van der Waals surface area contributed by atoms with Crippen molar-refractivity contribution >= 4 is 45.2 Å². The van der Waals surface area contributed by atoms with Crippen LogP contribution in [-0.2, 0) is 4.79 Å². The van der Waals surface area contributed by atoms with Crippen molar-refractivity contribution in [2.75, 3.05) is 5.32 Å². The summed E-state index contributed by atoms with van der Waals surface area (Å²) >= 11 is 9.17. The summed E-state index contributed by atoms with van der Waals surface area (Å²) in [7, 11) is 0. The SMILES string of the molecule is C=CCC(NC(=O)Nc1ccc(Br)cc1Cl)C(=O)O. The molecule has 1 atom stereocenters. The van der Waals surface area contributed by atoms with E-state index in [9.17, 15) is 9.59 Å². The lowest BCUT2D eigenvalue weighted by Gasteiger charge is -2.14. The number of halogens is 2. The third-order valence-corrected chi connectivity index (χ3v) is 2.99. The summed E-state index contributed by atoms with van der Waals surface area (Å²) < 4.78 is 0.776. The van der Waals surface area contributed by atoms with E-state index in [-0.39, 0.29) is 6.42 Å². The standard InChI is InChI=1S/C12H12BrClN2O3/c1-2-3-10(11(17)18)16-12(19)15-9-5-4-7(13)6-8(9)14/h2,4-6,10H,1,3H2,(H,17,18)(H2,15,16,19). The molecule has 0 radical (unpaired) electrons. The molecule has 0 aliphatic rings. The molecule has 0 spiro atoms. The maximum absolute atomic E-state index is 11.6. The van der Waals surface area contributed by atoms with Crippen LogP contribution in [0.3, 0.4) is 0 Å². The van der Waals surface area contributed by atoms with Crippen LogP contribution in [0.25, 0.3) is 0 Å². The maximum atomic E-state index is 11.6. The molecule has 3 N–H and O–H groups in total.